The van der Waals surface area contributed by atoms with Crippen molar-refractivity contribution in [3.05, 3.63) is 56.9 Å². The molecule has 1 aliphatic rings. The number of aromatic hydroxyl groups is 1. The van der Waals surface area contributed by atoms with E-state index in [1.807, 2.05) is 35.3 Å². The highest BCUT2D eigenvalue weighted by atomic mass is 16.3. The Morgan fingerprint density at radius 2 is 1.96 bits per heavy atom. The van der Waals surface area contributed by atoms with Crippen LogP contribution in [0, 0.1) is 0 Å². The van der Waals surface area contributed by atoms with Gasteiger partial charge in [-0.15, -0.1) is 0 Å². The molecule has 1 fully saturated rings. The van der Waals surface area contributed by atoms with Crippen LogP contribution in [0.1, 0.15) is 16.9 Å². The van der Waals surface area contributed by atoms with E-state index >= 15 is 0 Å². The summed E-state index contributed by atoms with van der Waals surface area (Å²) in [6, 6.07) is 9.67. The van der Waals surface area contributed by atoms with Gasteiger partial charge >= 0.3 is 5.69 Å². The van der Waals surface area contributed by atoms with Crippen molar-refractivity contribution in [1.29, 1.82) is 0 Å². The summed E-state index contributed by atoms with van der Waals surface area (Å²) in [6.07, 6.45) is 0.731. The van der Waals surface area contributed by atoms with Gasteiger partial charge in [0.15, 0.2) is 5.69 Å². The Kier molecular flexibility index (Phi) is 3.88. The van der Waals surface area contributed by atoms with E-state index in [1.54, 1.807) is 0 Å². The number of amides is 1. The average Bonchev–Trinajstić information content (AvgIpc) is 3.00. The van der Waals surface area contributed by atoms with Crippen LogP contribution >= 0.6 is 0 Å². The summed E-state index contributed by atoms with van der Waals surface area (Å²) < 4.78 is 0. The van der Waals surface area contributed by atoms with Crippen molar-refractivity contribution in [3.8, 4) is 5.75 Å². The molecule has 2 heterocycles. The Morgan fingerprint density at radius 3 is 2.70 bits per heavy atom. The van der Waals surface area contributed by atoms with E-state index in [-0.39, 0.29) is 6.04 Å². The molecule has 1 saturated heterocycles. The predicted molar refractivity (Wildman–Crippen MR) is 83.9 cm³/mol. The third-order valence-corrected chi connectivity index (χ3v) is 3.79. The third-order valence-electron chi connectivity index (χ3n) is 3.79. The van der Waals surface area contributed by atoms with Crippen molar-refractivity contribution in [2.75, 3.05) is 18.0 Å². The van der Waals surface area contributed by atoms with Gasteiger partial charge in [-0.25, -0.2) is 4.79 Å². The van der Waals surface area contributed by atoms with Gasteiger partial charge in [0.25, 0.3) is 11.5 Å². The summed E-state index contributed by atoms with van der Waals surface area (Å²) in [5.41, 5.74) is -1.18. The zero-order valence-corrected chi connectivity index (χ0v) is 12.2. The average molecular weight is 316 g/mol. The second kappa shape index (κ2) is 5.99. The van der Waals surface area contributed by atoms with E-state index in [4.69, 9.17) is 0 Å². The van der Waals surface area contributed by atoms with E-state index in [0.717, 1.165) is 18.7 Å². The van der Waals surface area contributed by atoms with Gasteiger partial charge in [0.05, 0.1) is 0 Å². The van der Waals surface area contributed by atoms with Crippen molar-refractivity contribution in [1.82, 2.24) is 15.3 Å². The van der Waals surface area contributed by atoms with Gasteiger partial charge in [-0.05, 0) is 18.6 Å². The maximum atomic E-state index is 12.2. The van der Waals surface area contributed by atoms with Gasteiger partial charge in [-0.2, -0.15) is 0 Å². The minimum Gasteiger partial charge on any atom is -0.501 e. The highest BCUT2D eigenvalue weighted by Gasteiger charge is 2.26. The molecule has 0 saturated carbocycles. The van der Waals surface area contributed by atoms with Crippen LogP contribution in [0.2, 0.25) is 0 Å². The standard InChI is InChI=1S/C15H16N4O4/c20-12-11(17-15(23)18-14(12)22)13(21)16-9-6-7-19(8-9)10-4-2-1-3-5-10/h1-5,9,20H,6-8H2,(H,16,21)(H2,17,18,22,23). The normalized spacial score (nSPS) is 17.2. The molecule has 120 valence electrons. The van der Waals surface area contributed by atoms with Crippen LogP contribution in [0.4, 0.5) is 5.69 Å². The molecule has 0 bridgehead atoms. The number of aromatic amines is 2. The van der Waals surface area contributed by atoms with Gasteiger partial charge in [0.1, 0.15) is 0 Å². The molecule has 8 nitrogen and oxygen atoms in total. The highest BCUT2D eigenvalue weighted by Crippen LogP contribution is 2.20. The SMILES string of the molecule is O=C(NC1CCN(c2ccccc2)C1)c1[nH]c(=O)[nH]c(=O)c1O. The molecule has 0 aliphatic carbocycles. The first-order chi connectivity index (χ1) is 11.0. The largest absolute Gasteiger partial charge is 0.501 e. The van der Waals surface area contributed by atoms with Crippen LogP contribution in [-0.4, -0.2) is 40.1 Å². The van der Waals surface area contributed by atoms with Crippen molar-refractivity contribution in [2.24, 2.45) is 0 Å². The van der Waals surface area contributed by atoms with E-state index in [1.165, 1.54) is 0 Å². The lowest BCUT2D eigenvalue weighted by Gasteiger charge is -2.19. The highest BCUT2D eigenvalue weighted by molar-refractivity contribution is 5.94. The number of carbonyl (C=O) groups excluding carboxylic acids is 1. The van der Waals surface area contributed by atoms with Crippen molar-refractivity contribution < 1.29 is 9.90 Å². The molecule has 8 heteroatoms. The van der Waals surface area contributed by atoms with Gasteiger partial charge in [-0.3, -0.25) is 19.6 Å². The molecule has 1 aromatic heterocycles. The maximum absolute atomic E-state index is 12.2. The smallest absolute Gasteiger partial charge is 0.326 e. The molecule has 2 aromatic rings. The Bertz CT molecular complexity index is 827. The first-order valence-corrected chi connectivity index (χ1v) is 7.21. The Hall–Kier alpha value is -3.03. The molecule has 0 spiro atoms. The topological polar surface area (TPSA) is 118 Å². The second-order valence-electron chi connectivity index (χ2n) is 5.37. The quantitative estimate of drug-likeness (QED) is 0.624. The molecule has 1 amide bonds. The number of anilines is 1. The van der Waals surface area contributed by atoms with E-state index < -0.39 is 28.6 Å². The fraction of sp³-hybridized carbons (Fsp3) is 0.267. The molecular weight excluding hydrogens is 300 g/mol. The Labute approximate surface area is 130 Å². The van der Waals surface area contributed by atoms with Crippen LogP contribution in [0.3, 0.4) is 0 Å². The summed E-state index contributed by atoms with van der Waals surface area (Å²) in [5, 5.41) is 12.3. The van der Waals surface area contributed by atoms with Crippen molar-refractivity contribution in [3.63, 3.8) is 0 Å². The first-order valence-electron chi connectivity index (χ1n) is 7.21. The van der Waals surface area contributed by atoms with E-state index in [9.17, 15) is 19.5 Å². The lowest BCUT2D eigenvalue weighted by molar-refractivity contribution is 0.0931. The zero-order valence-electron chi connectivity index (χ0n) is 12.2. The van der Waals surface area contributed by atoms with Crippen molar-refractivity contribution >= 4 is 11.6 Å². The number of nitrogens with zero attached hydrogens (tertiary/aromatic N) is 1. The molecule has 3 rings (SSSR count). The molecule has 4 N–H and O–H groups in total. The maximum Gasteiger partial charge on any atom is 0.326 e. The fourth-order valence-corrected chi connectivity index (χ4v) is 2.65. The van der Waals surface area contributed by atoms with Gasteiger partial charge < -0.3 is 15.3 Å². The molecular formula is C15H16N4O4. The number of H-pyrrole nitrogens is 2. The molecule has 1 atom stereocenters. The monoisotopic (exact) mass is 316 g/mol. The van der Waals surface area contributed by atoms with Gasteiger partial charge in [0, 0.05) is 24.8 Å². The van der Waals surface area contributed by atoms with Crippen LogP contribution in [0.25, 0.3) is 0 Å². The Morgan fingerprint density at radius 1 is 1.22 bits per heavy atom. The molecule has 1 aliphatic heterocycles. The second-order valence-corrected chi connectivity index (χ2v) is 5.37. The molecule has 1 unspecified atom stereocenters. The van der Waals surface area contributed by atoms with Crippen LogP contribution < -0.4 is 21.5 Å². The summed E-state index contributed by atoms with van der Waals surface area (Å²) in [4.78, 5) is 40.8. The number of para-hydroxylation sites is 1. The minimum atomic E-state index is -0.990. The number of aromatic nitrogens is 2. The minimum absolute atomic E-state index is 0.134. The number of hydrogen-bond acceptors (Lipinski definition) is 5. The van der Waals surface area contributed by atoms with Crippen LogP contribution in [-0.2, 0) is 0 Å². The van der Waals surface area contributed by atoms with E-state index in [2.05, 4.69) is 15.2 Å². The molecule has 1 aromatic carbocycles. The number of benzene rings is 1. The summed E-state index contributed by atoms with van der Waals surface area (Å²) in [5.74, 6) is -1.47. The van der Waals surface area contributed by atoms with Crippen molar-refractivity contribution in [2.45, 2.75) is 12.5 Å². The fourth-order valence-electron chi connectivity index (χ4n) is 2.65. The summed E-state index contributed by atoms with van der Waals surface area (Å²) in [6.45, 7) is 1.40. The summed E-state index contributed by atoms with van der Waals surface area (Å²) in [7, 11) is 0. The first kappa shape index (κ1) is 14.9. The van der Waals surface area contributed by atoms with Crippen LogP contribution in [0.5, 0.6) is 5.75 Å². The van der Waals surface area contributed by atoms with Crippen LogP contribution in [0.15, 0.2) is 39.9 Å². The number of nitrogens with one attached hydrogen (secondary N) is 3. The van der Waals surface area contributed by atoms with E-state index in [0.29, 0.717) is 6.54 Å². The number of hydrogen-bond donors (Lipinski definition) is 4. The Balaban J connectivity index is 1.70. The molecule has 0 radical (unpaired) electrons. The number of carbonyl (C=O) groups is 1. The molecule has 23 heavy (non-hydrogen) atoms. The zero-order chi connectivity index (χ0) is 16.4. The van der Waals surface area contributed by atoms with Gasteiger partial charge in [-0.1, -0.05) is 18.2 Å². The lowest BCUT2D eigenvalue weighted by atomic mass is 10.2. The third kappa shape index (κ3) is 3.10. The van der Waals surface area contributed by atoms with Gasteiger partial charge in [0.2, 0.25) is 5.75 Å². The number of rotatable bonds is 3. The lowest BCUT2D eigenvalue weighted by Crippen LogP contribution is -2.39. The predicted octanol–water partition coefficient (Wildman–Crippen LogP) is -0.222. The summed E-state index contributed by atoms with van der Waals surface area (Å²) >= 11 is 0.